The number of nitrogens with one attached hydrogen (secondary N) is 1. The summed E-state index contributed by atoms with van der Waals surface area (Å²) in [6.45, 7) is 4.18. The average Bonchev–Trinajstić information content (AvgIpc) is 2.28. The monoisotopic (exact) mass is 429 g/mol. The summed E-state index contributed by atoms with van der Waals surface area (Å²) in [6, 6.07) is 5.44. The summed E-state index contributed by atoms with van der Waals surface area (Å²) in [6.07, 6.45) is 0. The minimum atomic E-state index is -0.119. The lowest BCUT2D eigenvalue weighted by atomic mass is 10.1. The first-order valence-corrected chi connectivity index (χ1v) is 7.97. The van der Waals surface area contributed by atoms with Crippen molar-refractivity contribution >= 4 is 56.0 Å². The van der Waals surface area contributed by atoms with Crippen molar-refractivity contribution in [1.29, 1.82) is 0 Å². The van der Waals surface area contributed by atoms with Crippen molar-refractivity contribution in [3.8, 4) is 0 Å². The molecule has 0 aliphatic carbocycles. The number of benzene rings is 1. The number of hydrogen-bond donors (Lipinski definition) is 1. The molecule has 94 valence electrons. The lowest BCUT2D eigenvalue weighted by Crippen LogP contribution is -2.39. The second-order valence-electron chi connectivity index (χ2n) is 4.10. The molecule has 0 heterocycles. The maximum absolute atomic E-state index is 12.1. The third-order valence-electron chi connectivity index (χ3n) is 2.46. The Morgan fingerprint density at radius 3 is 2.71 bits per heavy atom. The van der Waals surface area contributed by atoms with Crippen LogP contribution in [0.3, 0.4) is 0 Å². The van der Waals surface area contributed by atoms with Crippen molar-refractivity contribution in [1.82, 2.24) is 5.32 Å². The molecule has 1 unspecified atom stereocenters. The molecule has 1 aromatic rings. The number of rotatable bonds is 4. The van der Waals surface area contributed by atoms with Crippen molar-refractivity contribution in [2.45, 2.75) is 19.9 Å². The van der Waals surface area contributed by atoms with Crippen LogP contribution in [0.25, 0.3) is 0 Å². The molecule has 5 heteroatoms. The van der Waals surface area contributed by atoms with Crippen molar-refractivity contribution < 1.29 is 4.79 Å². The summed E-state index contributed by atoms with van der Waals surface area (Å²) in [4.78, 5) is 12.1. The molecule has 1 rings (SSSR count). The number of carbonyl (C=O) groups excluding carboxylic acids is 1. The van der Waals surface area contributed by atoms with Gasteiger partial charge in [-0.05, 0) is 24.1 Å². The van der Waals surface area contributed by atoms with Crippen molar-refractivity contribution in [2.75, 3.05) is 4.43 Å². The van der Waals surface area contributed by atoms with Crippen LogP contribution < -0.4 is 5.32 Å². The fourth-order valence-electron chi connectivity index (χ4n) is 1.30. The smallest absolute Gasteiger partial charge is 0.253 e. The van der Waals surface area contributed by atoms with E-state index in [2.05, 4.69) is 57.7 Å². The van der Waals surface area contributed by atoms with E-state index in [0.29, 0.717) is 16.5 Å². The first kappa shape index (κ1) is 15.2. The van der Waals surface area contributed by atoms with Crippen LogP contribution in [0.1, 0.15) is 24.2 Å². The summed E-state index contributed by atoms with van der Waals surface area (Å²) in [5.74, 6) is 0.286. The maximum Gasteiger partial charge on any atom is 0.253 e. The van der Waals surface area contributed by atoms with Crippen LogP contribution in [0.4, 0.5) is 0 Å². The van der Waals surface area contributed by atoms with Crippen LogP contribution in [0, 0.1) is 5.92 Å². The largest absolute Gasteiger partial charge is 0.348 e. The van der Waals surface area contributed by atoms with E-state index in [1.54, 1.807) is 12.1 Å². The standard InChI is InChI=1S/C12H14BrClINO/c1-7(2)11(6-15)16-12(17)9-5-8(13)3-4-10(9)14/h3-5,7,11H,6H2,1-2H3,(H,16,17). The third kappa shape index (κ3) is 4.41. The van der Waals surface area contributed by atoms with E-state index >= 15 is 0 Å². The summed E-state index contributed by atoms with van der Waals surface area (Å²) in [5, 5.41) is 3.47. The van der Waals surface area contributed by atoms with E-state index in [9.17, 15) is 4.79 Å². The predicted octanol–water partition coefficient (Wildman–Crippen LogP) is 4.29. The molecule has 0 aliphatic rings. The Hall–Kier alpha value is 0.190. The zero-order chi connectivity index (χ0) is 13.0. The fraction of sp³-hybridized carbons (Fsp3) is 0.417. The van der Waals surface area contributed by atoms with E-state index in [1.165, 1.54) is 0 Å². The first-order chi connectivity index (χ1) is 7.95. The van der Waals surface area contributed by atoms with Crippen LogP contribution in [-0.4, -0.2) is 16.4 Å². The number of hydrogen-bond acceptors (Lipinski definition) is 1. The second-order valence-corrected chi connectivity index (χ2v) is 6.31. The molecule has 0 fully saturated rings. The van der Waals surface area contributed by atoms with Gasteiger partial charge in [-0.15, -0.1) is 0 Å². The van der Waals surface area contributed by atoms with Gasteiger partial charge in [0.1, 0.15) is 0 Å². The fourth-order valence-corrected chi connectivity index (χ4v) is 3.10. The van der Waals surface area contributed by atoms with Crippen LogP contribution >= 0.6 is 50.1 Å². The predicted molar refractivity (Wildman–Crippen MR) is 84.1 cm³/mol. The number of halogens is 3. The molecule has 0 saturated heterocycles. The lowest BCUT2D eigenvalue weighted by molar-refractivity contribution is 0.0932. The van der Waals surface area contributed by atoms with Gasteiger partial charge in [-0.2, -0.15) is 0 Å². The van der Waals surface area contributed by atoms with Crippen molar-refractivity contribution in [3.63, 3.8) is 0 Å². The van der Waals surface area contributed by atoms with Gasteiger partial charge in [0.05, 0.1) is 10.6 Å². The summed E-state index contributed by atoms with van der Waals surface area (Å²) in [7, 11) is 0. The van der Waals surface area contributed by atoms with E-state index in [4.69, 9.17) is 11.6 Å². The highest BCUT2D eigenvalue weighted by atomic mass is 127. The van der Waals surface area contributed by atoms with E-state index in [1.807, 2.05) is 6.07 Å². The van der Waals surface area contributed by atoms with E-state index < -0.39 is 0 Å². The normalized spacial score (nSPS) is 12.6. The minimum absolute atomic E-state index is 0.119. The van der Waals surface area contributed by atoms with Crippen LogP contribution in [0.2, 0.25) is 5.02 Å². The highest BCUT2D eigenvalue weighted by Gasteiger charge is 2.17. The van der Waals surface area contributed by atoms with Gasteiger partial charge in [-0.1, -0.05) is 64.0 Å². The zero-order valence-electron chi connectivity index (χ0n) is 9.64. The molecule has 0 saturated carbocycles. The van der Waals surface area contributed by atoms with Crippen LogP contribution in [-0.2, 0) is 0 Å². The van der Waals surface area contributed by atoms with Gasteiger partial charge in [0.15, 0.2) is 0 Å². The van der Waals surface area contributed by atoms with Crippen molar-refractivity contribution in [3.05, 3.63) is 33.3 Å². The zero-order valence-corrected chi connectivity index (χ0v) is 14.1. The summed E-state index contributed by atoms with van der Waals surface area (Å²) in [5.41, 5.74) is 0.511. The Morgan fingerprint density at radius 2 is 2.18 bits per heavy atom. The molecule has 1 atom stereocenters. The Bertz CT molecular complexity index is 411. The van der Waals surface area contributed by atoms with E-state index in [0.717, 1.165) is 8.90 Å². The number of alkyl halides is 1. The second kappa shape index (κ2) is 6.95. The van der Waals surface area contributed by atoms with Gasteiger partial charge < -0.3 is 5.32 Å². The van der Waals surface area contributed by atoms with Crippen LogP contribution in [0.5, 0.6) is 0 Å². The van der Waals surface area contributed by atoms with Gasteiger partial charge in [0, 0.05) is 14.9 Å². The lowest BCUT2D eigenvalue weighted by Gasteiger charge is -2.20. The van der Waals surface area contributed by atoms with Crippen LogP contribution in [0.15, 0.2) is 22.7 Å². The van der Waals surface area contributed by atoms with E-state index in [-0.39, 0.29) is 11.9 Å². The Balaban J connectivity index is 2.86. The molecule has 0 bridgehead atoms. The molecule has 2 nitrogen and oxygen atoms in total. The highest BCUT2D eigenvalue weighted by molar-refractivity contribution is 14.1. The van der Waals surface area contributed by atoms with Gasteiger partial charge >= 0.3 is 0 Å². The third-order valence-corrected chi connectivity index (χ3v) is 4.23. The molecule has 0 spiro atoms. The topological polar surface area (TPSA) is 29.1 Å². The molecule has 0 aromatic heterocycles. The minimum Gasteiger partial charge on any atom is -0.348 e. The van der Waals surface area contributed by atoms with Gasteiger partial charge in [0.2, 0.25) is 0 Å². The molecule has 1 N–H and O–H groups in total. The highest BCUT2D eigenvalue weighted by Crippen LogP contribution is 2.21. The molecule has 1 amide bonds. The SMILES string of the molecule is CC(C)C(CI)NC(=O)c1cc(Br)ccc1Cl. The Labute approximate surface area is 129 Å². The van der Waals surface area contributed by atoms with Crippen molar-refractivity contribution in [2.24, 2.45) is 5.92 Å². The Morgan fingerprint density at radius 1 is 1.53 bits per heavy atom. The molecular formula is C12H14BrClINO. The van der Waals surface area contributed by atoms with Gasteiger partial charge in [-0.3, -0.25) is 4.79 Å². The first-order valence-electron chi connectivity index (χ1n) is 5.27. The molecule has 0 aliphatic heterocycles. The molecular weight excluding hydrogens is 416 g/mol. The Kier molecular flexibility index (Phi) is 6.23. The maximum atomic E-state index is 12.1. The summed E-state index contributed by atoms with van der Waals surface area (Å²) >= 11 is 11.6. The summed E-state index contributed by atoms with van der Waals surface area (Å²) < 4.78 is 1.73. The van der Waals surface area contributed by atoms with Gasteiger partial charge in [-0.25, -0.2) is 0 Å². The number of amides is 1. The molecule has 1 aromatic carbocycles. The number of carbonyl (C=O) groups is 1. The molecule has 17 heavy (non-hydrogen) atoms. The molecule has 0 radical (unpaired) electrons. The van der Waals surface area contributed by atoms with Gasteiger partial charge in [0.25, 0.3) is 5.91 Å². The average molecular weight is 431 g/mol. The quantitative estimate of drug-likeness (QED) is 0.560.